The molecule has 2 rings (SSSR count). The molecule has 2 bridgehead atoms. The smallest absolute Gasteiger partial charge is 0.139 e. The zero-order valence-electron chi connectivity index (χ0n) is 8.42. The summed E-state index contributed by atoms with van der Waals surface area (Å²) in [5, 5.41) is 0. The number of ketones is 1. The molecular formula is C11H18O. The lowest BCUT2D eigenvalue weighted by Crippen LogP contribution is -2.38. The minimum Gasteiger partial charge on any atom is -0.299 e. The summed E-state index contributed by atoms with van der Waals surface area (Å²) < 4.78 is 0. The molecule has 2 saturated carbocycles. The Hall–Kier alpha value is -0.330. The fourth-order valence-electron chi connectivity index (χ4n) is 3.38. The van der Waals surface area contributed by atoms with Crippen molar-refractivity contribution >= 4 is 5.78 Å². The first-order chi connectivity index (χ1) is 5.46. The molecule has 0 aromatic carbocycles. The van der Waals surface area contributed by atoms with Crippen molar-refractivity contribution in [2.45, 2.75) is 34.1 Å². The molecule has 0 aliphatic heterocycles. The summed E-state index contributed by atoms with van der Waals surface area (Å²) in [4.78, 5) is 11.7. The Kier molecular flexibility index (Phi) is 1.47. The molecule has 68 valence electrons. The lowest BCUT2D eigenvalue weighted by Gasteiger charge is -2.38. The molecule has 2 aliphatic rings. The Morgan fingerprint density at radius 2 is 1.92 bits per heavy atom. The largest absolute Gasteiger partial charge is 0.299 e. The molecule has 0 aromatic heterocycles. The Bertz CT molecular complexity index is 229. The second-order valence-electron chi connectivity index (χ2n) is 5.25. The van der Waals surface area contributed by atoms with Crippen molar-refractivity contribution in [1.82, 2.24) is 0 Å². The molecule has 1 nitrogen and oxygen atoms in total. The van der Waals surface area contributed by atoms with E-state index in [0.717, 1.165) is 6.42 Å². The van der Waals surface area contributed by atoms with Crippen LogP contribution in [0.3, 0.4) is 0 Å². The summed E-state index contributed by atoms with van der Waals surface area (Å²) in [5.41, 5.74) is 0.401. The maximum atomic E-state index is 11.7. The van der Waals surface area contributed by atoms with E-state index in [0.29, 0.717) is 34.9 Å². The van der Waals surface area contributed by atoms with Crippen molar-refractivity contribution in [2.24, 2.45) is 29.1 Å². The predicted octanol–water partition coefficient (Wildman–Crippen LogP) is 2.50. The topological polar surface area (TPSA) is 17.1 Å². The highest BCUT2D eigenvalue weighted by Gasteiger charge is 2.58. The van der Waals surface area contributed by atoms with Gasteiger partial charge in [-0.2, -0.15) is 0 Å². The highest BCUT2D eigenvalue weighted by atomic mass is 16.1. The Morgan fingerprint density at radius 3 is 2.33 bits per heavy atom. The molecule has 0 amide bonds. The van der Waals surface area contributed by atoms with Crippen molar-refractivity contribution in [2.75, 3.05) is 0 Å². The zero-order chi connectivity index (χ0) is 9.09. The summed E-state index contributed by atoms with van der Waals surface area (Å²) in [6, 6.07) is 0. The molecular weight excluding hydrogens is 148 g/mol. The summed E-state index contributed by atoms with van der Waals surface area (Å²) in [7, 11) is 0. The van der Waals surface area contributed by atoms with Crippen LogP contribution in [0, 0.1) is 29.1 Å². The summed E-state index contributed by atoms with van der Waals surface area (Å²) >= 11 is 0. The SMILES string of the molecule is CC1C(=O)C2CC1C(C)(C)C2C. The zero-order valence-corrected chi connectivity index (χ0v) is 8.42. The van der Waals surface area contributed by atoms with E-state index in [2.05, 4.69) is 27.7 Å². The third-order valence-corrected chi connectivity index (χ3v) is 4.66. The van der Waals surface area contributed by atoms with Crippen LogP contribution in [-0.2, 0) is 4.79 Å². The van der Waals surface area contributed by atoms with E-state index >= 15 is 0 Å². The molecule has 2 fully saturated rings. The van der Waals surface area contributed by atoms with E-state index in [1.165, 1.54) is 0 Å². The average molecular weight is 166 g/mol. The third kappa shape index (κ3) is 0.725. The van der Waals surface area contributed by atoms with Gasteiger partial charge in [0.2, 0.25) is 0 Å². The monoisotopic (exact) mass is 166 g/mol. The van der Waals surface area contributed by atoms with Gasteiger partial charge >= 0.3 is 0 Å². The van der Waals surface area contributed by atoms with Gasteiger partial charge in [-0.05, 0) is 23.7 Å². The number of fused-ring (bicyclic) bond motifs is 2. The lowest BCUT2D eigenvalue weighted by molar-refractivity contribution is -0.130. The number of hydrogen-bond acceptors (Lipinski definition) is 1. The molecule has 12 heavy (non-hydrogen) atoms. The van der Waals surface area contributed by atoms with E-state index in [1.807, 2.05) is 0 Å². The van der Waals surface area contributed by atoms with Gasteiger partial charge in [-0.25, -0.2) is 0 Å². The molecule has 0 spiro atoms. The van der Waals surface area contributed by atoms with Crippen molar-refractivity contribution in [1.29, 1.82) is 0 Å². The fraction of sp³-hybridized carbons (Fsp3) is 0.909. The summed E-state index contributed by atoms with van der Waals surface area (Å²) in [5.74, 6) is 2.52. The van der Waals surface area contributed by atoms with E-state index in [4.69, 9.17) is 0 Å². The van der Waals surface area contributed by atoms with E-state index in [1.54, 1.807) is 0 Å². The molecule has 4 unspecified atom stereocenters. The number of carbonyl (C=O) groups is 1. The standard InChI is InChI=1S/C11H18O/c1-6-9-5-8(10(6)12)7(2)11(9,3)4/h6-9H,5H2,1-4H3. The van der Waals surface area contributed by atoms with Crippen LogP contribution in [0.5, 0.6) is 0 Å². The van der Waals surface area contributed by atoms with Crippen molar-refractivity contribution in [3.8, 4) is 0 Å². The highest BCUT2D eigenvalue weighted by Crippen LogP contribution is 2.59. The number of hydrogen-bond donors (Lipinski definition) is 0. The van der Waals surface area contributed by atoms with E-state index in [-0.39, 0.29) is 0 Å². The van der Waals surface area contributed by atoms with Crippen LogP contribution in [0.25, 0.3) is 0 Å². The minimum atomic E-state index is 0.334. The van der Waals surface area contributed by atoms with Gasteiger partial charge in [-0.1, -0.05) is 27.7 Å². The van der Waals surface area contributed by atoms with Crippen molar-refractivity contribution < 1.29 is 4.79 Å². The quantitative estimate of drug-likeness (QED) is 0.540. The van der Waals surface area contributed by atoms with Gasteiger partial charge in [0, 0.05) is 11.8 Å². The molecule has 0 N–H and O–H groups in total. The van der Waals surface area contributed by atoms with Gasteiger partial charge in [0.15, 0.2) is 0 Å². The minimum absolute atomic E-state index is 0.334. The first-order valence-electron chi connectivity index (χ1n) is 5.00. The van der Waals surface area contributed by atoms with Crippen molar-refractivity contribution in [3.63, 3.8) is 0 Å². The molecule has 0 saturated heterocycles. The first-order valence-corrected chi connectivity index (χ1v) is 5.00. The molecule has 1 heteroatoms. The van der Waals surface area contributed by atoms with Gasteiger partial charge in [0.05, 0.1) is 0 Å². The van der Waals surface area contributed by atoms with Crippen LogP contribution in [0.2, 0.25) is 0 Å². The van der Waals surface area contributed by atoms with Crippen LogP contribution >= 0.6 is 0 Å². The average Bonchev–Trinajstić information content (AvgIpc) is 2.38. The van der Waals surface area contributed by atoms with Gasteiger partial charge in [0.25, 0.3) is 0 Å². The van der Waals surface area contributed by atoms with Gasteiger partial charge < -0.3 is 0 Å². The Labute approximate surface area is 74.5 Å². The van der Waals surface area contributed by atoms with E-state index in [9.17, 15) is 4.79 Å². The Balaban J connectivity index is 2.36. The van der Waals surface area contributed by atoms with Gasteiger partial charge in [-0.15, -0.1) is 0 Å². The molecule has 0 heterocycles. The second-order valence-corrected chi connectivity index (χ2v) is 5.25. The van der Waals surface area contributed by atoms with Crippen LogP contribution in [0.15, 0.2) is 0 Å². The molecule has 2 aliphatic carbocycles. The first kappa shape index (κ1) is 8.28. The Morgan fingerprint density at radius 1 is 1.33 bits per heavy atom. The van der Waals surface area contributed by atoms with Crippen LogP contribution < -0.4 is 0 Å². The second kappa shape index (κ2) is 2.12. The number of Topliss-reactive ketones (excluding diaryl/α,β-unsaturated/α-hetero) is 1. The predicted molar refractivity (Wildman–Crippen MR) is 48.7 cm³/mol. The van der Waals surface area contributed by atoms with Gasteiger partial charge in [-0.3, -0.25) is 4.79 Å². The maximum absolute atomic E-state index is 11.7. The summed E-state index contributed by atoms with van der Waals surface area (Å²) in [6.07, 6.45) is 1.16. The maximum Gasteiger partial charge on any atom is 0.139 e. The van der Waals surface area contributed by atoms with Gasteiger partial charge in [0.1, 0.15) is 5.78 Å². The van der Waals surface area contributed by atoms with Crippen LogP contribution in [-0.4, -0.2) is 5.78 Å². The molecule has 4 atom stereocenters. The fourth-order valence-corrected chi connectivity index (χ4v) is 3.38. The normalized spacial score (nSPS) is 50.2. The number of carbonyl (C=O) groups excluding carboxylic acids is 1. The van der Waals surface area contributed by atoms with Crippen LogP contribution in [0.4, 0.5) is 0 Å². The lowest BCUT2D eigenvalue weighted by atomic mass is 9.65. The van der Waals surface area contributed by atoms with Crippen molar-refractivity contribution in [3.05, 3.63) is 0 Å². The third-order valence-electron chi connectivity index (χ3n) is 4.66. The highest BCUT2D eigenvalue weighted by molar-refractivity contribution is 5.87. The van der Waals surface area contributed by atoms with Crippen LogP contribution in [0.1, 0.15) is 34.1 Å². The summed E-state index contributed by atoms with van der Waals surface area (Å²) in [6.45, 7) is 9.01. The number of rotatable bonds is 0. The molecule has 0 radical (unpaired) electrons. The molecule has 0 aromatic rings. The van der Waals surface area contributed by atoms with E-state index < -0.39 is 0 Å².